The summed E-state index contributed by atoms with van der Waals surface area (Å²) in [6.45, 7) is 1.24. The van der Waals surface area contributed by atoms with Crippen LogP contribution >= 0.6 is 15.9 Å². The van der Waals surface area contributed by atoms with E-state index in [1.54, 1.807) is 7.11 Å². The Balaban J connectivity index is 1.91. The second-order valence-corrected chi connectivity index (χ2v) is 5.15. The molecule has 3 nitrogen and oxygen atoms in total. The Bertz CT molecular complexity index is 379. The highest BCUT2D eigenvalue weighted by molar-refractivity contribution is 9.09. The van der Waals surface area contributed by atoms with Crippen LogP contribution in [0.1, 0.15) is 16.8 Å². The van der Waals surface area contributed by atoms with Gasteiger partial charge in [-0.15, -0.1) is 0 Å². The van der Waals surface area contributed by atoms with Crippen molar-refractivity contribution in [3.05, 3.63) is 42.0 Å². The van der Waals surface area contributed by atoms with E-state index in [1.165, 1.54) is 5.56 Å². The fourth-order valence-corrected chi connectivity index (χ4v) is 2.37. The first-order valence-electron chi connectivity index (χ1n) is 5.96. The van der Waals surface area contributed by atoms with Crippen molar-refractivity contribution in [1.82, 2.24) is 0 Å². The predicted octanol–water partition coefficient (Wildman–Crippen LogP) is 3.45. The lowest BCUT2D eigenvalue weighted by molar-refractivity contribution is -0.125. The maximum atomic E-state index is 5.58. The molecule has 1 aromatic rings. The molecule has 18 heavy (non-hydrogen) atoms. The molecule has 0 N–H and O–H groups in total. The Morgan fingerprint density at radius 3 is 2.39 bits per heavy atom. The lowest BCUT2D eigenvalue weighted by atomic mass is 10.1. The van der Waals surface area contributed by atoms with Gasteiger partial charge in [-0.25, -0.2) is 0 Å². The fourth-order valence-electron chi connectivity index (χ4n) is 1.76. The maximum Gasteiger partial charge on any atom is 0.159 e. The van der Waals surface area contributed by atoms with E-state index in [0.717, 1.165) is 12.2 Å². The number of ether oxygens (including phenoxy) is 3. The Labute approximate surface area is 116 Å². The van der Waals surface area contributed by atoms with Gasteiger partial charge in [0.1, 0.15) is 5.75 Å². The monoisotopic (exact) mass is 312 g/mol. The number of rotatable bonds is 4. The van der Waals surface area contributed by atoms with Gasteiger partial charge in [0.05, 0.1) is 20.3 Å². The van der Waals surface area contributed by atoms with Crippen LogP contribution in [0.3, 0.4) is 0 Å². The molecule has 98 valence electrons. The molecule has 0 bridgehead atoms. The molecule has 0 amide bonds. The Morgan fingerprint density at radius 1 is 1.22 bits per heavy atom. The van der Waals surface area contributed by atoms with E-state index in [4.69, 9.17) is 14.2 Å². The summed E-state index contributed by atoms with van der Waals surface area (Å²) < 4.78 is 16.3. The Kier molecular flexibility index (Phi) is 5.23. The minimum atomic E-state index is -0.161. The number of hydrogen-bond donors (Lipinski definition) is 0. The first-order valence-corrected chi connectivity index (χ1v) is 6.87. The molecule has 0 spiro atoms. The molecule has 0 saturated carbocycles. The van der Waals surface area contributed by atoms with E-state index in [1.807, 2.05) is 36.4 Å². The molecule has 4 heteroatoms. The summed E-state index contributed by atoms with van der Waals surface area (Å²) in [6.07, 6.45) is 4.59. The van der Waals surface area contributed by atoms with Crippen molar-refractivity contribution >= 4 is 15.9 Å². The summed E-state index contributed by atoms with van der Waals surface area (Å²) in [6, 6.07) is 8.01. The third kappa shape index (κ3) is 3.83. The Hall–Kier alpha value is -0.840. The van der Waals surface area contributed by atoms with Crippen LogP contribution in [-0.4, -0.2) is 26.6 Å². The molecular formula is C14H17BrO3. The van der Waals surface area contributed by atoms with Crippen molar-refractivity contribution in [2.45, 2.75) is 17.5 Å². The maximum absolute atomic E-state index is 5.58. The van der Waals surface area contributed by atoms with Crippen molar-refractivity contribution in [1.29, 1.82) is 0 Å². The van der Waals surface area contributed by atoms with Crippen LogP contribution in [0, 0.1) is 0 Å². The summed E-state index contributed by atoms with van der Waals surface area (Å²) in [4.78, 5) is 0.214. The van der Waals surface area contributed by atoms with Gasteiger partial charge in [0, 0.05) is 11.2 Å². The number of halogens is 1. The average molecular weight is 313 g/mol. The van der Waals surface area contributed by atoms with Crippen LogP contribution < -0.4 is 4.74 Å². The van der Waals surface area contributed by atoms with E-state index in [-0.39, 0.29) is 11.1 Å². The average Bonchev–Trinajstić information content (AvgIpc) is 2.67. The summed E-state index contributed by atoms with van der Waals surface area (Å²) in [5.74, 6) is 0.865. The third-order valence-corrected chi connectivity index (χ3v) is 3.70. The van der Waals surface area contributed by atoms with Crippen molar-refractivity contribution in [3.63, 3.8) is 0 Å². The quantitative estimate of drug-likeness (QED) is 0.629. The van der Waals surface area contributed by atoms with Gasteiger partial charge in [-0.3, -0.25) is 0 Å². The largest absolute Gasteiger partial charge is 0.497 e. The molecule has 0 saturated heterocycles. The molecule has 1 unspecified atom stereocenters. The molecule has 0 radical (unpaired) electrons. The second kappa shape index (κ2) is 6.92. The van der Waals surface area contributed by atoms with Gasteiger partial charge in [-0.1, -0.05) is 40.2 Å². The molecule has 1 aromatic carbocycles. The standard InChI is InChI=1S/C14H17BrO3/c1-16-12-6-4-11(5-7-12)13(15)10-14-17-8-2-3-9-18-14/h2-7,13-14H,8-10H2,1H3. The lowest BCUT2D eigenvalue weighted by Gasteiger charge is -2.19. The molecular weight excluding hydrogens is 296 g/mol. The number of hydrogen-bond acceptors (Lipinski definition) is 3. The van der Waals surface area contributed by atoms with Crippen LogP contribution in [0.15, 0.2) is 36.4 Å². The SMILES string of the molecule is COc1ccc(C(Br)CC2OCC=CCO2)cc1. The fraction of sp³-hybridized carbons (Fsp3) is 0.429. The second-order valence-electron chi connectivity index (χ2n) is 4.04. The summed E-state index contributed by atoms with van der Waals surface area (Å²) in [7, 11) is 1.67. The molecule has 0 aliphatic carbocycles. The van der Waals surface area contributed by atoms with E-state index in [0.29, 0.717) is 13.2 Å². The van der Waals surface area contributed by atoms with Crippen molar-refractivity contribution in [2.75, 3.05) is 20.3 Å². The first kappa shape index (κ1) is 13.6. The zero-order chi connectivity index (χ0) is 12.8. The molecule has 1 aliphatic heterocycles. The van der Waals surface area contributed by atoms with E-state index >= 15 is 0 Å². The van der Waals surface area contributed by atoms with E-state index in [2.05, 4.69) is 15.9 Å². The third-order valence-electron chi connectivity index (χ3n) is 2.80. The number of benzene rings is 1. The molecule has 1 aliphatic rings. The highest BCUT2D eigenvalue weighted by Gasteiger charge is 2.17. The van der Waals surface area contributed by atoms with Gasteiger partial charge in [0.2, 0.25) is 0 Å². The zero-order valence-corrected chi connectivity index (χ0v) is 11.9. The Morgan fingerprint density at radius 2 is 1.83 bits per heavy atom. The summed E-state index contributed by atoms with van der Waals surface area (Å²) in [5.41, 5.74) is 1.19. The summed E-state index contributed by atoms with van der Waals surface area (Å²) in [5, 5.41) is 0. The van der Waals surface area contributed by atoms with Crippen LogP contribution in [0.25, 0.3) is 0 Å². The first-order chi connectivity index (χ1) is 8.79. The van der Waals surface area contributed by atoms with E-state index < -0.39 is 0 Å². The molecule has 1 atom stereocenters. The van der Waals surface area contributed by atoms with Crippen LogP contribution in [0.4, 0.5) is 0 Å². The van der Waals surface area contributed by atoms with Gasteiger partial charge < -0.3 is 14.2 Å². The number of alkyl halides is 1. The van der Waals surface area contributed by atoms with Crippen LogP contribution in [0.5, 0.6) is 5.75 Å². The normalized spacial score (nSPS) is 18.3. The van der Waals surface area contributed by atoms with Crippen LogP contribution in [-0.2, 0) is 9.47 Å². The highest BCUT2D eigenvalue weighted by atomic mass is 79.9. The van der Waals surface area contributed by atoms with Gasteiger partial charge in [0.15, 0.2) is 6.29 Å². The molecule has 0 aromatic heterocycles. The van der Waals surface area contributed by atoms with E-state index in [9.17, 15) is 0 Å². The van der Waals surface area contributed by atoms with Gasteiger partial charge in [-0.05, 0) is 17.7 Å². The van der Waals surface area contributed by atoms with Gasteiger partial charge in [-0.2, -0.15) is 0 Å². The van der Waals surface area contributed by atoms with Gasteiger partial charge in [0.25, 0.3) is 0 Å². The van der Waals surface area contributed by atoms with Crippen molar-refractivity contribution in [3.8, 4) is 5.75 Å². The predicted molar refractivity (Wildman–Crippen MR) is 74.1 cm³/mol. The minimum Gasteiger partial charge on any atom is -0.497 e. The van der Waals surface area contributed by atoms with Gasteiger partial charge >= 0.3 is 0 Å². The van der Waals surface area contributed by atoms with Crippen molar-refractivity contribution in [2.24, 2.45) is 0 Å². The summed E-state index contributed by atoms with van der Waals surface area (Å²) >= 11 is 3.67. The minimum absolute atomic E-state index is 0.161. The van der Waals surface area contributed by atoms with Crippen molar-refractivity contribution < 1.29 is 14.2 Å². The number of methoxy groups -OCH3 is 1. The lowest BCUT2D eigenvalue weighted by Crippen LogP contribution is -2.17. The van der Waals surface area contributed by atoms with Crippen LogP contribution in [0.2, 0.25) is 0 Å². The molecule has 2 rings (SSSR count). The zero-order valence-electron chi connectivity index (χ0n) is 10.3. The molecule has 0 fully saturated rings. The topological polar surface area (TPSA) is 27.7 Å². The molecule has 1 heterocycles. The smallest absolute Gasteiger partial charge is 0.159 e. The highest BCUT2D eigenvalue weighted by Crippen LogP contribution is 2.30.